The first-order valence-corrected chi connectivity index (χ1v) is 13.2. The van der Waals surface area contributed by atoms with Crippen molar-refractivity contribution < 1.29 is 9.59 Å². The number of benzene rings is 3. The molecule has 0 saturated carbocycles. The second kappa shape index (κ2) is 12.8. The zero-order chi connectivity index (χ0) is 25.3. The third kappa shape index (κ3) is 9.08. The van der Waals surface area contributed by atoms with Crippen molar-refractivity contribution in [2.75, 3.05) is 5.75 Å². The van der Waals surface area contributed by atoms with Crippen molar-refractivity contribution in [3.63, 3.8) is 0 Å². The molecular formula is C29H33ClN2O2S. The Morgan fingerprint density at radius 1 is 0.886 bits per heavy atom. The highest BCUT2D eigenvalue weighted by Crippen LogP contribution is 2.21. The first kappa shape index (κ1) is 26.8. The number of nitrogens with one attached hydrogen (secondary N) is 1. The summed E-state index contributed by atoms with van der Waals surface area (Å²) in [5, 5.41) is 3.73. The Morgan fingerprint density at radius 2 is 1.49 bits per heavy atom. The van der Waals surface area contributed by atoms with Gasteiger partial charge in [0.2, 0.25) is 11.8 Å². The molecule has 0 aliphatic carbocycles. The van der Waals surface area contributed by atoms with Crippen LogP contribution in [-0.4, -0.2) is 34.0 Å². The van der Waals surface area contributed by atoms with Gasteiger partial charge in [-0.25, -0.2) is 0 Å². The number of halogens is 1. The summed E-state index contributed by atoms with van der Waals surface area (Å²) in [7, 11) is 0. The standard InChI is InChI=1S/C29H33ClN2O2S/c1-29(2,3)31-28(34)26(20-22-10-6-4-7-11-22)32(21-23-14-16-24(30)17-15-23)27(33)18-19-35-25-12-8-5-9-13-25/h4-17,26H,18-21H2,1-3H3,(H,31,34)/t26-/m1/s1. The fraction of sp³-hybridized carbons (Fsp3) is 0.310. The van der Waals surface area contributed by atoms with Gasteiger partial charge in [-0.3, -0.25) is 9.59 Å². The number of nitrogens with zero attached hydrogens (tertiary/aromatic N) is 1. The highest BCUT2D eigenvalue weighted by Gasteiger charge is 2.32. The molecule has 0 bridgehead atoms. The normalized spacial score (nSPS) is 12.1. The molecule has 0 fully saturated rings. The van der Waals surface area contributed by atoms with E-state index >= 15 is 0 Å². The van der Waals surface area contributed by atoms with Crippen molar-refractivity contribution in [2.24, 2.45) is 0 Å². The molecule has 184 valence electrons. The summed E-state index contributed by atoms with van der Waals surface area (Å²) < 4.78 is 0. The molecule has 1 N–H and O–H groups in total. The summed E-state index contributed by atoms with van der Waals surface area (Å²) >= 11 is 7.73. The SMILES string of the molecule is CC(C)(C)NC(=O)[C@@H](Cc1ccccc1)N(Cc1ccc(Cl)cc1)C(=O)CCSc1ccccc1. The van der Waals surface area contributed by atoms with Crippen LogP contribution in [0.1, 0.15) is 38.3 Å². The van der Waals surface area contributed by atoms with Crippen molar-refractivity contribution >= 4 is 35.2 Å². The number of amides is 2. The lowest BCUT2D eigenvalue weighted by molar-refractivity contribution is -0.141. The molecule has 3 aromatic carbocycles. The van der Waals surface area contributed by atoms with E-state index < -0.39 is 11.6 Å². The molecule has 35 heavy (non-hydrogen) atoms. The average molecular weight is 509 g/mol. The van der Waals surface area contributed by atoms with Gasteiger partial charge in [0.15, 0.2) is 0 Å². The number of hydrogen-bond donors (Lipinski definition) is 1. The van der Waals surface area contributed by atoms with Gasteiger partial charge in [-0.1, -0.05) is 72.3 Å². The summed E-state index contributed by atoms with van der Waals surface area (Å²) in [4.78, 5) is 30.0. The molecule has 0 saturated heterocycles. The van der Waals surface area contributed by atoms with E-state index in [0.29, 0.717) is 30.2 Å². The minimum atomic E-state index is -0.637. The van der Waals surface area contributed by atoms with Crippen molar-refractivity contribution in [1.82, 2.24) is 10.2 Å². The van der Waals surface area contributed by atoms with Crippen LogP contribution in [0.25, 0.3) is 0 Å². The Bertz CT molecular complexity index is 1080. The predicted molar refractivity (Wildman–Crippen MR) is 146 cm³/mol. The van der Waals surface area contributed by atoms with Crippen LogP contribution in [0, 0.1) is 0 Å². The fourth-order valence-electron chi connectivity index (χ4n) is 3.71. The summed E-state index contributed by atoms with van der Waals surface area (Å²) in [6.07, 6.45) is 0.773. The first-order chi connectivity index (χ1) is 16.7. The Kier molecular flexibility index (Phi) is 9.82. The number of carbonyl (C=O) groups is 2. The Labute approximate surface area is 218 Å². The molecule has 1 atom stereocenters. The molecule has 3 rings (SSSR count). The highest BCUT2D eigenvalue weighted by molar-refractivity contribution is 7.99. The lowest BCUT2D eigenvalue weighted by Crippen LogP contribution is -2.54. The van der Waals surface area contributed by atoms with E-state index in [9.17, 15) is 9.59 Å². The first-order valence-electron chi connectivity index (χ1n) is 11.8. The zero-order valence-corrected chi connectivity index (χ0v) is 22.1. The van der Waals surface area contributed by atoms with Gasteiger partial charge in [0.25, 0.3) is 0 Å². The van der Waals surface area contributed by atoms with Crippen LogP contribution in [0.2, 0.25) is 5.02 Å². The van der Waals surface area contributed by atoms with E-state index in [1.54, 1.807) is 16.7 Å². The minimum Gasteiger partial charge on any atom is -0.350 e. The number of hydrogen-bond acceptors (Lipinski definition) is 3. The molecule has 6 heteroatoms. The van der Waals surface area contributed by atoms with Gasteiger partial charge in [0, 0.05) is 40.6 Å². The molecule has 0 radical (unpaired) electrons. The molecule has 0 aliphatic rings. The summed E-state index contributed by atoms with van der Waals surface area (Å²) in [5.41, 5.74) is 1.53. The number of rotatable bonds is 10. The van der Waals surface area contributed by atoms with Crippen molar-refractivity contribution in [3.05, 3.63) is 101 Å². The third-order valence-electron chi connectivity index (χ3n) is 5.36. The third-order valence-corrected chi connectivity index (χ3v) is 6.63. The summed E-state index contributed by atoms with van der Waals surface area (Å²) in [6, 6.07) is 26.7. The zero-order valence-electron chi connectivity index (χ0n) is 20.5. The largest absolute Gasteiger partial charge is 0.350 e. The van der Waals surface area contributed by atoms with Crippen LogP contribution in [0.4, 0.5) is 0 Å². The molecule has 4 nitrogen and oxygen atoms in total. The van der Waals surface area contributed by atoms with Gasteiger partial charge in [0.1, 0.15) is 6.04 Å². The number of carbonyl (C=O) groups excluding carboxylic acids is 2. The van der Waals surface area contributed by atoms with E-state index in [0.717, 1.165) is 16.0 Å². The minimum absolute atomic E-state index is 0.0478. The van der Waals surface area contributed by atoms with Crippen molar-refractivity contribution in [1.29, 1.82) is 0 Å². The van der Waals surface area contributed by atoms with Crippen LogP contribution < -0.4 is 5.32 Å². The molecule has 3 aromatic rings. The molecule has 0 aromatic heterocycles. The maximum atomic E-state index is 13.6. The van der Waals surface area contributed by atoms with Gasteiger partial charge >= 0.3 is 0 Å². The maximum absolute atomic E-state index is 13.6. The second-order valence-electron chi connectivity index (χ2n) is 9.50. The second-order valence-corrected chi connectivity index (χ2v) is 11.1. The topological polar surface area (TPSA) is 49.4 Å². The quantitative estimate of drug-likeness (QED) is 0.323. The molecule has 0 unspecified atom stereocenters. The fourth-order valence-corrected chi connectivity index (χ4v) is 4.70. The highest BCUT2D eigenvalue weighted by atomic mass is 35.5. The smallest absolute Gasteiger partial charge is 0.243 e. The van der Waals surface area contributed by atoms with E-state index in [-0.39, 0.29) is 11.8 Å². The van der Waals surface area contributed by atoms with Gasteiger partial charge in [-0.15, -0.1) is 11.8 Å². The van der Waals surface area contributed by atoms with Gasteiger partial charge in [-0.2, -0.15) is 0 Å². The lowest BCUT2D eigenvalue weighted by Gasteiger charge is -2.34. The summed E-state index contributed by atoms with van der Waals surface area (Å²) in [6.45, 7) is 6.19. The van der Waals surface area contributed by atoms with E-state index in [1.807, 2.05) is 106 Å². The van der Waals surface area contributed by atoms with Crippen LogP contribution in [-0.2, 0) is 22.6 Å². The van der Waals surface area contributed by atoms with Crippen molar-refractivity contribution in [2.45, 2.75) is 56.6 Å². The Balaban J connectivity index is 1.86. The van der Waals surface area contributed by atoms with E-state index in [4.69, 9.17) is 11.6 Å². The maximum Gasteiger partial charge on any atom is 0.243 e. The number of thioether (sulfide) groups is 1. The molecule has 0 spiro atoms. The molecule has 0 aliphatic heterocycles. The average Bonchev–Trinajstić information content (AvgIpc) is 2.82. The van der Waals surface area contributed by atoms with Crippen LogP contribution in [0.15, 0.2) is 89.8 Å². The molecule has 0 heterocycles. The van der Waals surface area contributed by atoms with Crippen molar-refractivity contribution in [3.8, 4) is 0 Å². The van der Waals surface area contributed by atoms with Gasteiger partial charge in [0.05, 0.1) is 0 Å². The van der Waals surface area contributed by atoms with Crippen LogP contribution >= 0.6 is 23.4 Å². The van der Waals surface area contributed by atoms with Crippen LogP contribution in [0.3, 0.4) is 0 Å². The Hall–Kier alpha value is -2.76. The monoisotopic (exact) mass is 508 g/mol. The molecule has 2 amide bonds. The predicted octanol–water partition coefficient (Wildman–Crippen LogP) is 6.38. The van der Waals surface area contributed by atoms with Gasteiger partial charge in [-0.05, 0) is 56.2 Å². The Morgan fingerprint density at radius 3 is 2.09 bits per heavy atom. The molecular weight excluding hydrogens is 476 g/mol. The summed E-state index contributed by atoms with van der Waals surface area (Å²) in [5.74, 6) is 0.437. The van der Waals surface area contributed by atoms with Gasteiger partial charge < -0.3 is 10.2 Å². The van der Waals surface area contributed by atoms with E-state index in [2.05, 4.69) is 5.32 Å². The lowest BCUT2D eigenvalue weighted by atomic mass is 10.0. The van der Waals surface area contributed by atoms with E-state index in [1.165, 1.54) is 0 Å². The van der Waals surface area contributed by atoms with Crippen LogP contribution in [0.5, 0.6) is 0 Å².